The Hall–Kier alpha value is -0.930. The lowest BCUT2D eigenvalue weighted by Crippen LogP contribution is -2.23. The molecule has 2 N–H and O–H groups in total. The van der Waals surface area contributed by atoms with Crippen molar-refractivity contribution in [1.82, 2.24) is 5.32 Å². The summed E-state index contributed by atoms with van der Waals surface area (Å²) in [6, 6.07) is 5.45. The molecule has 1 fully saturated rings. The lowest BCUT2D eigenvalue weighted by atomic mass is 10.1. The van der Waals surface area contributed by atoms with Gasteiger partial charge in [0.2, 0.25) is 0 Å². The number of halogens is 1. The highest BCUT2D eigenvalue weighted by Crippen LogP contribution is 2.21. The largest absolute Gasteiger partial charge is 0.387 e. The van der Waals surface area contributed by atoms with Crippen LogP contribution in [0.2, 0.25) is 0 Å². The molecule has 0 bridgehead atoms. The number of aryl methyl sites for hydroxylation is 1. The second-order valence-electron chi connectivity index (χ2n) is 4.21. The third kappa shape index (κ3) is 2.76. The normalized spacial score (nSPS) is 17.8. The number of hydrogen-bond donors (Lipinski definition) is 2. The molecular formula is C12H16FNO. The van der Waals surface area contributed by atoms with Crippen molar-refractivity contribution in [3.63, 3.8) is 0 Å². The van der Waals surface area contributed by atoms with Crippen LogP contribution >= 0.6 is 0 Å². The number of rotatable bonds is 4. The summed E-state index contributed by atoms with van der Waals surface area (Å²) in [4.78, 5) is 0. The number of aliphatic hydroxyl groups excluding tert-OH is 1. The van der Waals surface area contributed by atoms with E-state index in [1.807, 2.05) is 0 Å². The van der Waals surface area contributed by atoms with Gasteiger partial charge in [-0.05, 0) is 37.0 Å². The molecule has 1 aromatic carbocycles. The van der Waals surface area contributed by atoms with E-state index in [0.717, 1.165) is 0 Å². The van der Waals surface area contributed by atoms with Crippen molar-refractivity contribution in [3.05, 3.63) is 35.1 Å². The van der Waals surface area contributed by atoms with Crippen LogP contribution in [0.3, 0.4) is 0 Å². The van der Waals surface area contributed by atoms with Gasteiger partial charge >= 0.3 is 0 Å². The summed E-state index contributed by atoms with van der Waals surface area (Å²) in [5.74, 6) is -0.252. The second kappa shape index (κ2) is 4.29. The number of nitrogens with one attached hydrogen (secondary N) is 1. The molecular weight excluding hydrogens is 193 g/mol. The molecule has 0 aliphatic heterocycles. The lowest BCUT2D eigenvalue weighted by molar-refractivity contribution is 0.174. The van der Waals surface area contributed by atoms with Gasteiger partial charge in [0.1, 0.15) is 5.82 Å². The molecule has 0 heterocycles. The average molecular weight is 209 g/mol. The van der Waals surface area contributed by atoms with Gasteiger partial charge in [0, 0.05) is 12.6 Å². The molecule has 82 valence electrons. The maximum atomic E-state index is 13.2. The zero-order valence-electron chi connectivity index (χ0n) is 8.83. The first-order valence-corrected chi connectivity index (χ1v) is 5.34. The molecule has 0 radical (unpaired) electrons. The van der Waals surface area contributed by atoms with Gasteiger partial charge in [-0.2, -0.15) is 0 Å². The lowest BCUT2D eigenvalue weighted by Gasteiger charge is -2.12. The summed E-state index contributed by atoms with van der Waals surface area (Å²) in [5.41, 5.74) is 1.26. The zero-order chi connectivity index (χ0) is 10.8. The van der Waals surface area contributed by atoms with Crippen LogP contribution in [0.4, 0.5) is 4.39 Å². The van der Waals surface area contributed by atoms with Crippen LogP contribution < -0.4 is 5.32 Å². The fraction of sp³-hybridized carbons (Fsp3) is 0.500. The molecule has 1 saturated carbocycles. The van der Waals surface area contributed by atoms with Gasteiger partial charge < -0.3 is 10.4 Å². The minimum atomic E-state index is -0.610. The van der Waals surface area contributed by atoms with E-state index in [1.54, 1.807) is 19.1 Å². The standard InChI is InChI=1S/C12H16FNO/c1-8-2-3-9(6-11(8)13)12(15)7-14-10-4-5-10/h2-3,6,10,12,14-15H,4-5,7H2,1H3. The van der Waals surface area contributed by atoms with E-state index >= 15 is 0 Å². The molecule has 1 aromatic rings. The van der Waals surface area contributed by atoms with E-state index in [-0.39, 0.29) is 5.82 Å². The molecule has 0 spiro atoms. The molecule has 0 amide bonds. The van der Waals surface area contributed by atoms with Crippen molar-refractivity contribution < 1.29 is 9.50 Å². The zero-order valence-corrected chi connectivity index (χ0v) is 8.83. The highest BCUT2D eigenvalue weighted by atomic mass is 19.1. The van der Waals surface area contributed by atoms with E-state index in [4.69, 9.17) is 0 Å². The van der Waals surface area contributed by atoms with Crippen LogP contribution in [-0.2, 0) is 0 Å². The monoisotopic (exact) mass is 209 g/mol. The van der Waals surface area contributed by atoms with Gasteiger partial charge in [-0.25, -0.2) is 4.39 Å². The fourth-order valence-electron chi connectivity index (χ4n) is 1.50. The topological polar surface area (TPSA) is 32.3 Å². The van der Waals surface area contributed by atoms with E-state index in [0.29, 0.717) is 23.7 Å². The SMILES string of the molecule is Cc1ccc(C(O)CNC2CC2)cc1F. The van der Waals surface area contributed by atoms with Gasteiger partial charge in [-0.1, -0.05) is 12.1 Å². The predicted molar refractivity (Wildman–Crippen MR) is 57.1 cm³/mol. The summed E-state index contributed by atoms with van der Waals surface area (Å²) >= 11 is 0. The Balaban J connectivity index is 1.97. The van der Waals surface area contributed by atoms with Crippen molar-refractivity contribution in [2.24, 2.45) is 0 Å². The van der Waals surface area contributed by atoms with Crippen molar-refractivity contribution in [2.75, 3.05) is 6.54 Å². The first-order chi connectivity index (χ1) is 7.16. The minimum Gasteiger partial charge on any atom is -0.387 e. The molecule has 0 aromatic heterocycles. The molecule has 2 rings (SSSR count). The Kier molecular flexibility index (Phi) is 3.03. The molecule has 1 unspecified atom stereocenters. The van der Waals surface area contributed by atoms with Crippen LogP contribution in [0.1, 0.15) is 30.1 Å². The average Bonchev–Trinajstić information content (AvgIpc) is 3.02. The number of hydrogen-bond acceptors (Lipinski definition) is 2. The van der Waals surface area contributed by atoms with Crippen molar-refractivity contribution in [1.29, 1.82) is 0 Å². The van der Waals surface area contributed by atoms with Gasteiger partial charge in [0.25, 0.3) is 0 Å². The third-order valence-corrected chi connectivity index (χ3v) is 2.76. The van der Waals surface area contributed by atoms with Crippen LogP contribution in [0.25, 0.3) is 0 Å². The summed E-state index contributed by atoms with van der Waals surface area (Å²) in [7, 11) is 0. The molecule has 15 heavy (non-hydrogen) atoms. The number of benzene rings is 1. The minimum absolute atomic E-state index is 0.252. The predicted octanol–water partition coefficient (Wildman–Crippen LogP) is 1.92. The molecule has 0 saturated heterocycles. The van der Waals surface area contributed by atoms with Crippen molar-refractivity contribution in [3.8, 4) is 0 Å². The van der Waals surface area contributed by atoms with Crippen LogP contribution in [0.5, 0.6) is 0 Å². The van der Waals surface area contributed by atoms with Crippen LogP contribution in [-0.4, -0.2) is 17.7 Å². The first-order valence-electron chi connectivity index (χ1n) is 5.34. The first kappa shape index (κ1) is 10.6. The molecule has 1 aliphatic carbocycles. The highest BCUT2D eigenvalue weighted by Gasteiger charge is 2.21. The Bertz CT molecular complexity index is 349. The Morgan fingerprint density at radius 1 is 1.53 bits per heavy atom. The van der Waals surface area contributed by atoms with Gasteiger partial charge in [-0.15, -0.1) is 0 Å². The Labute approximate surface area is 89.1 Å². The summed E-state index contributed by atoms with van der Waals surface area (Å²) in [6.45, 7) is 2.22. The quantitative estimate of drug-likeness (QED) is 0.794. The van der Waals surface area contributed by atoms with E-state index < -0.39 is 6.10 Å². The van der Waals surface area contributed by atoms with Crippen LogP contribution in [0.15, 0.2) is 18.2 Å². The van der Waals surface area contributed by atoms with Gasteiger partial charge in [0.15, 0.2) is 0 Å². The van der Waals surface area contributed by atoms with Gasteiger partial charge in [-0.3, -0.25) is 0 Å². The smallest absolute Gasteiger partial charge is 0.126 e. The second-order valence-corrected chi connectivity index (χ2v) is 4.21. The highest BCUT2D eigenvalue weighted by molar-refractivity contribution is 5.25. The van der Waals surface area contributed by atoms with Crippen LogP contribution in [0, 0.1) is 12.7 Å². The van der Waals surface area contributed by atoms with E-state index in [2.05, 4.69) is 5.32 Å². The summed E-state index contributed by atoms with van der Waals surface area (Å²) < 4.78 is 13.2. The third-order valence-electron chi connectivity index (χ3n) is 2.76. The molecule has 2 nitrogen and oxygen atoms in total. The van der Waals surface area contributed by atoms with Gasteiger partial charge in [0.05, 0.1) is 6.10 Å². The Morgan fingerprint density at radius 3 is 2.87 bits per heavy atom. The number of aliphatic hydroxyl groups is 1. The Morgan fingerprint density at radius 2 is 2.27 bits per heavy atom. The van der Waals surface area contributed by atoms with Crippen molar-refractivity contribution in [2.45, 2.75) is 31.9 Å². The molecule has 1 aliphatic rings. The molecule has 3 heteroatoms. The van der Waals surface area contributed by atoms with E-state index in [1.165, 1.54) is 18.9 Å². The van der Waals surface area contributed by atoms with E-state index in [9.17, 15) is 9.50 Å². The summed E-state index contributed by atoms with van der Waals surface area (Å²) in [5, 5.41) is 13.0. The fourth-order valence-corrected chi connectivity index (χ4v) is 1.50. The maximum absolute atomic E-state index is 13.2. The van der Waals surface area contributed by atoms with Crippen molar-refractivity contribution >= 4 is 0 Å². The summed E-state index contributed by atoms with van der Waals surface area (Å²) in [6.07, 6.45) is 1.77. The maximum Gasteiger partial charge on any atom is 0.126 e. The molecule has 1 atom stereocenters.